The van der Waals surface area contributed by atoms with E-state index in [4.69, 9.17) is 4.52 Å². The van der Waals surface area contributed by atoms with Crippen molar-refractivity contribution in [2.24, 2.45) is 5.41 Å². The van der Waals surface area contributed by atoms with Crippen LogP contribution in [0.4, 0.5) is 5.69 Å². The molecule has 1 aromatic carbocycles. The van der Waals surface area contributed by atoms with E-state index < -0.39 is 4.92 Å². The summed E-state index contributed by atoms with van der Waals surface area (Å²) in [7, 11) is 0. The number of aromatic nitrogens is 2. The zero-order chi connectivity index (χ0) is 18.6. The third kappa shape index (κ3) is 2.47. The molecule has 4 rings (SSSR count). The third-order valence-electron chi connectivity index (χ3n) is 4.80. The first-order chi connectivity index (χ1) is 12.3. The molecule has 7 heteroatoms. The lowest BCUT2D eigenvalue weighted by Crippen LogP contribution is -2.28. The summed E-state index contributed by atoms with van der Waals surface area (Å²) < 4.78 is 5.36. The van der Waals surface area contributed by atoms with Gasteiger partial charge in [-0.2, -0.15) is 0 Å². The van der Waals surface area contributed by atoms with Gasteiger partial charge in [0, 0.05) is 29.7 Å². The van der Waals surface area contributed by atoms with Crippen LogP contribution in [0.5, 0.6) is 0 Å². The normalized spacial score (nSPS) is 15.9. The number of hydrogen-bond donors (Lipinski definition) is 0. The molecule has 0 N–H and O–H groups in total. The quantitative estimate of drug-likeness (QED) is 0.505. The number of carbonyl (C=O) groups is 1. The first-order valence-corrected chi connectivity index (χ1v) is 8.34. The number of ketones is 1. The van der Waals surface area contributed by atoms with E-state index in [0.717, 1.165) is 5.56 Å². The second-order valence-corrected chi connectivity index (χ2v) is 7.50. The minimum absolute atomic E-state index is 0.00224. The van der Waals surface area contributed by atoms with Crippen LogP contribution in [-0.4, -0.2) is 20.8 Å². The molecule has 0 saturated heterocycles. The van der Waals surface area contributed by atoms with E-state index in [1.54, 1.807) is 19.1 Å². The van der Waals surface area contributed by atoms with E-state index in [9.17, 15) is 14.9 Å². The first-order valence-electron chi connectivity index (χ1n) is 8.34. The summed E-state index contributed by atoms with van der Waals surface area (Å²) >= 11 is 0. The highest BCUT2D eigenvalue weighted by Gasteiger charge is 2.36. The molecule has 0 fully saturated rings. The number of nitro benzene ring substituents is 1. The number of pyridine rings is 1. The molecule has 2 aromatic heterocycles. The molecular weight excluding hydrogens is 334 g/mol. The second kappa shape index (κ2) is 5.45. The van der Waals surface area contributed by atoms with Gasteiger partial charge in [-0.1, -0.05) is 19.0 Å². The van der Waals surface area contributed by atoms with E-state index in [-0.39, 0.29) is 16.9 Å². The van der Waals surface area contributed by atoms with Crippen LogP contribution in [0.1, 0.15) is 42.0 Å². The van der Waals surface area contributed by atoms with Crippen LogP contribution < -0.4 is 0 Å². The standard InChI is InChI=1S/C19H17N3O4/c1-10-15-16(11-4-6-12(7-5-11)22(24)25)17-13(20-18(15)26-21-10)8-19(2,3)9-14(17)23/h4-7H,8-9H2,1-3H3. The minimum Gasteiger partial charge on any atom is -0.336 e. The van der Waals surface area contributed by atoms with Crippen LogP contribution in [0.15, 0.2) is 28.8 Å². The molecular formula is C19H17N3O4. The Kier molecular flexibility index (Phi) is 3.44. The average molecular weight is 351 g/mol. The van der Waals surface area contributed by atoms with Gasteiger partial charge < -0.3 is 4.52 Å². The number of fused-ring (bicyclic) bond motifs is 2. The average Bonchev–Trinajstić information content (AvgIpc) is 2.93. The highest BCUT2D eigenvalue weighted by molar-refractivity contribution is 6.11. The molecule has 7 nitrogen and oxygen atoms in total. The fraction of sp³-hybridized carbons (Fsp3) is 0.316. The first kappa shape index (κ1) is 16.4. The van der Waals surface area contributed by atoms with Crippen molar-refractivity contribution in [3.8, 4) is 11.1 Å². The molecule has 26 heavy (non-hydrogen) atoms. The van der Waals surface area contributed by atoms with Crippen LogP contribution in [-0.2, 0) is 6.42 Å². The van der Waals surface area contributed by atoms with Gasteiger partial charge in [0.2, 0.25) is 0 Å². The van der Waals surface area contributed by atoms with E-state index in [1.165, 1.54) is 12.1 Å². The van der Waals surface area contributed by atoms with Crippen molar-refractivity contribution < 1.29 is 14.2 Å². The van der Waals surface area contributed by atoms with Crippen LogP contribution in [0.25, 0.3) is 22.2 Å². The van der Waals surface area contributed by atoms with Crippen molar-refractivity contribution in [3.63, 3.8) is 0 Å². The predicted octanol–water partition coefficient (Wildman–Crippen LogP) is 4.26. The molecule has 0 amide bonds. The van der Waals surface area contributed by atoms with Crippen LogP contribution in [0.2, 0.25) is 0 Å². The highest BCUT2D eigenvalue weighted by atomic mass is 16.6. The smallest absolute Gasteiger partial charge is 0.269 e. The van der Waals surface area contributed by atoms with E-state index >= 15 is 0 Å². The fourth-order valence-electron chi connectivity index (χ4n) is 3.68. The van der Waals surface area contributed by atoms with Gasteiger partial charge in [0.1, 0.15) is 0 Å². The topological polar surface area (TPSA) is 99.1 Å². The van der Waals surface area contributed by atoms with E-state index in [2.05, 4.69) is 10.1 Å². The zero-order valence-corrected chi connectivity index (χ0v) is 14.7. The van der Waals surface area contributed by atoms with Gasteiger partial charge >= 0.3 is 0 Å². The van der Waals surface area contributed by atoms with Crippen molar-refractivity contribution in [2.45, 2.75) is 33.6 Å². The van der Waals surface area contributed by atoms with Crippen molar-refractivity contribution >= 4 is 22.6 Å². The Labute approximate surface area is 149 Å². The predicted molar refractivity (Wildman–Crippen MR) is 95.1 cm³/mol. The molecule has 1 aliphatic carbocycles. The summed E-state index contributed by atoms with van der Waals surface area (Å²) in [5.74, 6) is 0.0274. The van der Waals surface area contributed by atoms with E-state index in [1.807, 2.05) is 13.8 Å². The Hall–Kier alpha value is -3.09. The molecule has 0 saturated carbocycles. The van der Waals surface area contributed by atoms with Crippen molar-refractivity contribution in [1.82, 2.24) is 10.1 Å². The number of Topliss-reactive ketones (excluding diaryl/α,β-unsaturated/α-hetero) is 1. The number of non-ortho nitro benzene ring substituents is 1. The zero-order valence-electron chi connectivity index (χ0n) is 14.7. The fourth-order valence-corrected chi connectivity index (χ4v) is 3.68. The number of nitrogens with zero attached hydrogens (tertiary/aromatic N) is 3. The maximum atomic E-state index is 12.9. The summed E-state index contributed by atoms with van der Waals surface area (Å²) in [6.07, 6.45) is 1.08. The second-order valence-electron chi connectivity index (χ2n) is 7.50. The Balaban J connectivity index is 2.04. The minimum atomic E-state index is -0.445. The monoisotopic (exact) mass is 351 g/mol. The molecule has 0 bridgehead atoms. The molecule has 132 valence electrons. The molecule has 1 aliphatic rings. The molecule has 0 aliphatic heterocycles. The van der Waals surface area contributed by atoms with Gasteiger partial charge in [-0.05, 0) is 36.5 Å². The molecule has 0 radical (unpaired) electrons. The van der Waals surface area contributed by atoms with Crippen molar-refractivity contribution in [1.29, 1.82) is 0 Å². The Morgan fingerprint density at radius 2 is 1.85 bits per heavy atom. The van der Waals surface area contributed by atoms with Crippen LogP contribution in [0, 0.1) is 22.5 Å². The van der Waals surface area contributed by atoms with Crippen LogP contribution >= 0.6 is 0 Å². The summed E-state index contributed by atoms with van der Waals surface area (Å²) in [5.41, 5.74) is 3.56. The molecule has 3 aromatic rings. The summed E-state index contributed by atoms with van der Waals surface area (Å²) in [6, 6.07) is 6.20. The molecule has 0 atom stereocenters. The number of aryl methyl sites for hydroxylation is 1. The van der Waals surface area contributed by atoms with E-state index in [0.29, 0.717) is 46.5 Å². The number of carbonyl (C=O) groups excluding carboxylic acids is 1. The highest BCUT2D eigenvalue weighted by Crippen LogP contribution is 2.42. The van der Waals surface area contributed by atoms with Crippen molar-refractivity contribution in [3.05, 3.63) is 51.3 Å². The SMILES string of the molecule is Cc1noc2nc3c(c(-c4ccc([N+](=O)[O-])cc4)c12)C(=O)CC(C)(C)C3. The lowest BCUT2D eigenvalue weighted by Gasteiger charge is -2.30. The summed E-state index contributed by atoms with van der Waals surface area (Å²) in [5, 5.41) is 15.6. The lowest BCUT2D eigenvalue weighted by molar-refractivity contribution is -0.384. The van der Waals surface area contributed by atoms with Crippen molar-refractivity contribution in [2.75, 3.05) is 0 Å². The largest absolute Gasteiger partial charge is 0.336 e. The lowest BCUT2D eigenvalue weighted by atomic mass is 9.73. The van der Waals surface area contributed by atoms with Gasteiger partial charge in [-0.15, -0.1) is 0 Å². The van der Waals surface area contributed by atoms with Crippen LogP contribution in [0.3, 0.4) is 0 Å². The number of benzene rings is 1. The Morgan fingerprint density at radius 3 is 2.50 bits per heavy atom. The van der Waals surface area contributed by atoms with Gasteiger partial charge in [0.15, 0.2) is 5.78 Å². The van der Waals surface area contributed by atoms with Gasteiger partial charge in [-0.25, -0.2) is 4.98 Å². The van der Waals surface area contributed by atoms with Gasteiger partial charge in [0.05, 0.1) is 21.7 Å². The number of nitro groups is 1. The number of hydrogen-bond acceptors (Lipinski definition) is 6. The number of rotatable bonds is 2. The maximum Gasteiger partial charge on any atom is 0.269 e. The van der Waals surface area contributed by atoms with Gasteiger partial charge in [-0.3, -0.25) is 14.9 Å². The van der Waals surface area contributed by atoms with Gasteiger partial charge in [0.25, 0.3) is 11.4 Å². The molecule has 2 heterocycles. The summed E-state index contributed by atoms with van der Waals surface area (Å²) in [6.45, 7) is 5.87. The molecule has 0 spiro atoms. The maximum absolute atomic E-state index is 12.9. The Morgan fingerprint density at radius 1 is 1.15 bits per heavy atom. The summed E-state index contributed by atoms with van der Waals surface area (Å²) in [4.78, 5) is 28.0. The molecule has 0 unspecified atom stereocenters. The third-order valence-corrected chi connectivity index (χ3v) is 4.80. The Bertz CT molecular complexity index is 1060.